The van der Waals surface area contributed by atoms with E-state index in [1.807, 2.05) is 32.1 Å². The molecule has 1 N–H and O–H groups in total. The molecule has 0 radical (unpaired) electrons. The fourth-order valence-corrected chi connectivity index (χ4v) is 2.54. The Bertz CT molecular complexity index is 770. The number of rotatable bonds is 3. The van der Waals surface area contributed by atoms with Crippen molar-refractivity contribution in [1.82, 2.24) is 10.4 Å². The molecule has 0 fully saturated rings. The van der Waals surface area contributed by atoms with Crippen molar-refractivity contribution in [2.24, 2.45) is 0 Å². The Morgan fingerprint density at radius 1 is 1.36 bits per heavy atom. The van der Waals surface area contributed by atoms with Crippen LogP contribution in [0.2, 0.25) is 0 Å². The van der Waals surface area contributed by atoms with Crippen LogP contribution < -0.4 is 15.9 Å². The predicted molar refractivity (Wildman–Crippen MR) is 94.9 cm³/mol. The number of hydrogen-bond acceptors (Lipinski definition) is 2. The van der Waals surface area contributed by atoms with E-state index in [4.69, 9.17) is 0 Å². The van der Waals surface area contributed by atoms with E-state index in [1.54, 1.807) is 0 Å². The summed E-state index contributed by atoms with van der Waals surface area (Å²) in [7, 11) is 3.86. The van der Waals surface area contributed by atoms with Gasteiger partial charge in [-0.25, -0.2) is 5.43 Å². The van der Waals surface area contributed by atoms with Crippen LogP contribution in [0.4, 0.5) is 0 Å². The van der Waals surface area contributed by atoms with Crippen molar-refractivity contribution in [3.63, 3.8) is 0 Å². The third-order valence-corrected chi connectivity index (χ3v) is 3.95. The third-order valence-electron chi connectivity index (χ3n) is 3.95. The van der Waals surface area contributed by atoms with Crippen molar-refractivity contribution in [2.45, 2.75) is 26.7 Å². The molecule has 0 saturated heterocycles. The first kappa shape index (κ1) is 16.1. The van der Waals surface area contributed by atoms with E-state index in [1.165, 1.54) is 16.0 Å². The van der Waals surface area contributed by atoms with Gasteiger partial charge in [-0.3, -0.25) is 0 Å². The van der Waals surface area contributed by atoms with Gasteiger partial charge in [0.15, 0.2) is 0 Å². The van der Waals surface area contributed by atoms with Gasteiger partial charge >= 0.3 is 0 Å². The molecule has 0 heterocycles. The van der Waals surface area contributed by atoms with Gasteiger partial charge in [0.05, 0.1) is 5.70 Å². The predicted octanol–water partition coefficient (Wildman–Crippen LogP) is 2.33. The number of benzene rings is 1. The second-order valence-corrected chi connectivity index (χ2v) is 5.26. The summed E-state index contributed by atoms with van der Waals surface area (Å²) in [5.41, 5.74) is 6.60. The minimum Gasteiger partial charge on any atom is -0.304 e. The van der Waals surface area contributed by atoms with E-state index < -0.39 is 0 Å². The lowest BCUT2D eigenvalue weighted by Gasteiger charge is -2.16. The topological polar surface area (TPSA) is 15.3 Å². The van der Waals surface area contributed by atoms with Gasteiger partial charge in [-0.15, -0.1) is 0 Å². The van der Waals surface area contributed by atoms with Gasteiger partial charge in [-0.2, -0.15) is 0 Å². The van der Waals surface area contributed by atoms with Crippen LogP contribution in [0.3, 0.4) is 0 Å². The van der Waals surface area contributed by atoms with Crippen LogP contribution in [-0.4, -0.2) is 19.1 Å². The summed E-state index contributed by atoms with van der Waals surface area (Å²) in [6.45, 7) is 4.22. The van der Waals surface area contributed by atoms with Crippen molar-refractivity contribution < 1.29 is 0 Å². The fourth-order valence-electron chi connectivity index (χ4n) is 2.54. The SMILES string of the molecule is CC=C(C#CC1=CCC(CC)=c2ccccc2=C1)N(C)NC. The highest BCUT2D eigenvalue weighted by molar-refractivity contribution is 5.63. The molecule has 1 aliphatic carbocycles. The molecule has 1 aromatic carbocycles. The lowest BCUT2D eigenvalue weighted by molar-refractivity contribution is 0.346. The standard InChI is InChI=1S/C20H24N2/c1-5-17-13-11-16(12-14-19(6-2)22(4)21-3)15-18-9-7-8-10-20(17)18/h6-11,15,21H,5,13H2,1-4H3. The Morgan fingerprint density at radius 2 is 2.14 bits per heavy atom. The molecule has 0 spiro atoms. The molecular formula is C20H24N2. The van der Waals surface area contributed by atoms with Gasteiger partial charge < -0.3 is 5.01 Å². The maximum absolute atomic E-state index is 3.31. The molecule has 0 amide bonds. The van der Waals surface area contributed by atoms with Crippen molar-refractivity contribution in [3.05, 3.63) is 58.1 Å². The van der Waals surface area contributed by atoms with Crippen LogP contribution in [0, 0.1) is 11.8 Å². The van der Waals surface area contributed by atoms with Gasteiger partial charge in [0, 0.05) is 19.7 Å². The number of fused-ring (bicyclic) bond motifs is 1. The Balaban J connectivity index is 2.42. The van der Waals surface area contributed by atoms with Crippen molar-refractivity contribution in [3.8, 4) is 11.8 Å². The van der Waals surface area contributed by atoms with Crippen LogP contribution in [-0.2, 0) is 0 Å². The van der Waals surface area contributed by atoms with Crippen molar-refractivity contribution in [2.75, 3.05) is 14.1 Å². The molecule has 0 atom stereocenters. The molecule has 0 saturated carbocycles. The highest BCUT2D eigenvalue weighted by atomic mass is 15.5. The van der Waals surface area contributed by atoms with Crippen LogP contribution in [0.15, 0.2) is 47.7 Å². The molecule has 0 aromatic heterocycles. The quantitative estimate of drug-likeness (QED) is 0.679. The van der Waals surface area contributed by atoms with Crippen molar-refractivity contribution >= 4 is 11.6 Å². The van der Waals surface area contributed by atoms with Gasteiger partial charge in [0.25, 0.3) is 0 Å². The molecule has 22 heavy (non-hydrogen) atoms. The van der Waals surface area contributed by atoms with Crippen LogP contribution >= 0.6 is 0 Å². The lowest BCUT2D eigenvalue weighted by Crippen LogP contribution is -2.29. The molecule has 2 nitrogen and oxygen atoms in total. The second kappa shape index (κ2) is 7.68. The Morgan fingerprint density at radius 3 is 2.82 bits per heavy atom. The third kappa shape index (κ3) is 3.69. The number of nitrogens with one attached hydrogen (secondary N) is 1. The molecule has 114 valence electrons. The number of hydrogen-bond donors (Lipinski definition) is 1. The molecule has 0 bridgehead atoms. The first-order valence-corrected chi connectivity index (χ1v) is 7.78. The first-order valence-electron chi connectivity index (χ1n) is 7.78. The average molecular weight is 292 g/mol. The molecule has 0 aliphatic heterocycles. The number of nitrogens with zero attached hydrogens (tertiary/aromatic N) is 1. The minimum atomic E-state index is 0.967. The van der Waals surface area contributed by atoms with Crippen LogP contribution in [0.1, 0.15) is 26.7 Å². The van der Waals surface area contributed by atoms with Crippen LogP contribution in [0.5, 0.6) is 0 Å². The molecule has 1 aromatic rings. The Kier molecular flexibility index (Phi) is 5.63. The molecule has 2 rings (SSSR count). The van der Waals surface area contributed by atoms with E-state index >= 15 is 0 Å². The van der Waals surface area contributed by atoms with Gasteiger partial charge in [-0.1, -0.05) is 54.8 Å². The number of hydrazine groups is 1. The summed E-state index contributed by atoms with van der Waals surface area (Å²) >= 11 is 0. The molecule has 0 unspecified atom stereocenters. The maximum Gasteiger partial charge on any atom is 0.0979 e. The molecule has 1 aliphatic rings. The fraction of sp³-hybridized carbons (Fsp3) is 0.300. The Hall–Kier alpha value is -2.24. The highest BCUT2D eigenvalue weighted by Crippen LogP contribution is 2.11. The lowest BCUT2D eigenvalue weighted by atomic mass is 10.1. The zero-order valence-electron chi connectivity index (χ0n) is 13.9. The summed E-state index contributed by atoms with van der Waals surface area (Å²) < 4.78 is 0. The first-order chi connectivity index (χ1) is 10.7. The Labute approximate surface area is 133 Å². The van der Waals surface area contributed by atoms with E-state index in [9.17, 15) is 0 Å². The maximum atomic E-state index is 3.31. The van der Waals surface area contributed by atoms with Gasteiger partial charge in [0.1, 0.15) is 0 Å². The highest BCUT2D eigenvalue weighted by Gasteiger charge is 2.02. The van der Waals surface area contributed by atoms with E-state index in [0.717, 1.165) is 24.1 Å². The van der Waals surface area contributed by atoms with E-state index in [2.05, 4.69) is 60.6 Å². The molecule has 2 heteroatoms. The zero-order valence-corrected chi connectivity index (χ0v) is 13.9. The van der Waals surface area contributed by atoms with Crippen LogP contribution in [0.25, 0.3) is 11.6 Å². The van der Waals surface area contributed by atoms with Gasteiger partial charge in [0.2, 0.25) is 0 Å². The molecular weight excluding hydrogens is 268 g/mol. The summed E-state index contributed by atoms with van der Waals surface area (Å²) in [5, 5.41) is 4.54. The van der Waals surface area contributed by atoms with E-state index in [-0.39, 0.29) is 0 Å². The second-order valence-electron chi connectivity index (χ2n) is 5.26. The smallest absolute Gasteiger partial charge is 0.0979 e. The monoisotopic (exact) mass is 292 g/mol. The minimum absolute atomic E-state index is 0.967. The number of allylic oxidation sites excluding steroid dienone is 4. The largest absolute Gasteiger partial charge is 0.304 e. The summed E-state index contributed by atoms with van der Waals surface area (Å²) in [6.07, 6.45) is 8.49. The van der Waals surface area contributed by atoms with Gasteiger partial charge in [-0.05, 0) is 42.2 Å². The summed E-state index contributed by atoms with van der Waals surface area (Å²) in [4.78, 5) is 0. The van der Waals surface area contributed by atoms with Crippen molar-refractivity contribution in [1.29, 1.82) is 0 Å². The normalized spacial score (nSPS) is 14.1. The summed E-state index contributed by atoms with van der Waals surface area (Å²) in [5.74, 6) is 6.55. The van der Waals surface area contributed by atoms with E-state index in [0.29, 0.717) is 0 Å². The zero-order chi connectivity index (χ0) is 15.9. The summed E-state index contributed by atoms with van der Waals surface area (Å²) in [6, 6.07) is 8.58. The average Bonchev–Trinajstić information content (AvgIpc) is 2.73.